The van der Waals surface area contributed by atoms with Gasteiger partial charge in [0.25, 0.3) is 0 Å². The Balaban J connectivity index is 1.50. The number of benzene rings is 1. The fourth-order valence-electron chi connectivity index (χ4n) is 3.94. The zero-order chi connectivity index (χ0) is 20.4. The third-order valence-electron chi connectivity index (χ3n) is 5.49. The maximum absolute atomic E-state index is 12.6. The maximum Gasteiger partial charge on any atom is 0.409 e. The van der Waals surface area contributed by atoms with Crippen LogP contribution in [0.2, 0.25) is 0 Å². The van der Waals surface area contributed by atoms with Gasteiger partial charge in [-0.2, -0.15) is 0 Å². The first-order valence-corrected chi connectivity index (χ1v) is 9.90. The lowest BCUT2D eigenvalue weighted by molar-refractivity contribution is 0.0961. The van der Waals surface area contributed by atoms with Crippen molar-refractivity contribution in [3.8, 4) is 5.75 Å². The largest absolute Gasteiger partial charge is 0.508 e. The van der Waals surface area contributed by atoms with Crippen molar-refractivity contribution >= 4 is 17.8 Å². The standard InChI is InChI=1S/C21H24N4O4/c1-2-29-21(28)25-9-7-24(8-10-25)20-22-13-16-17(23-20)11-14(12-19(16)27)15-5-3-4-6-18(15)26/h3-6,13-14,26H,2,7-12H2,1H3/t14-/m1/s1. The minimum absolute atomic E-state index is 0.00168. The molecule has 1 aromatic carbocycles. The minimum Gasteiger partial charge on any atom is -0.508 e. The zero-order valence-corrected chi connectivity index (χ0v) is 16.4. The molecule has 1 aliphatic heterocycles. The number of ketones is 1. The van der Waals surface area contributed by atoms with Crippen LogP contribution in [0.4, 0.5) is 10.7 Å². The van der Waals surface area contributed by atoms with Gasteiger partial charge in [0.05, 0.1) is 17.9 Å². The van der Waals surface area contributed by atoms with Crippen LogP contribution < -0.4 is 4.90 Å². The number of hydrogen-bond acceptors (Lipinski definition) is 7. The van der Waals surface area contributed by atoms with Crippen molar-refractivity contribution in [1.82, 2.24) is 14.9 Å². The molecule has 0 unspecified atom stereocenters. The lowest BCUT2D eigenvalue weighted by atomic mass is 9.82. The molecule has 8 nitrogen and oxygen atoms in total. The van der Waals surface area contributed by atoms with E-state index in [2.05, 4.69) is 9.97 Å². The molecule has 1 N–H and O–H groups in total. The predicted molar refractivity (Wildman–Crippen MR) is 106 cm³/mol. The summed E-state index contributed by atoms with van der Waals surface area (Å²) in [6.07, 6.45) is 2.23. The second-order valence-corrected chi connectivity index (χ2v) is 7.29. The summed E-state index contributed by atoms with van der Waals surface area (Å²) in [6.45, 7) is 4.44. The van der Waals surface area contributed by atoms with Crippen molar-refractivity contribution in [3.05, 3.63) is 47.3 Å². The van der Waals surface area contributed by atoms with Crippen molar-refractivity contribution in [2.24, 2.45) is 0 Å². The van der Waals surface area contributed by atoms with Crippen molar-refractivity contribution in [2.45, 2.75) is 25.7 Å². The van der Waals surface area contributed by atoms with Gasteiger partial charge < -0.3 is 19.6 Å². The van der Waals surface area contributed by atoms with Crippen molar-refractivity contribution in [1.29, 1.82) is 0 Å². The van der Waals surface area contributed by atoms with E-state index in [9.17, 15) is 14.7 Å². The van der Waals surface area contributed by atoms with Gasteiger partial charge in [0, 0.05) is 44.7 Å². The monoisotopic (exact) mass is 396 g/mol. The van der Waals surface area contributed by atoms with E-state index in [1.165, 1.54) is 0 Å². The highest BCUT2D eigenvalue weighted by Crippen LogP contribution is 2.36. The molecule has 2 heterocycles. The van der Waals surface area contributed by atoms with E-state index in [1.807, 2.05) is 17.0 Å². The molecule has 0 radical (unpaired) electrons. The molecule has 2 aromatic rings. The summed E-state index contributed by atoms with van der Waals surface area (Å²) < 4.78 is 5.05. The summed E-state index contributed by atoms with van der Waals surface area (Å²) in [6, 6.07) is 7.13. The van der Waals surface area contributed by atoms with Gasteiger partial charge in [0.1, 0.15) is 5.75 Å². The van der Waals surface area contributed by atoms with Crippen LogP contribution in [0, 0.1) is 0 Å². The van der Waals surface area contributed by atoms with Crippen LogP contribution in [0.3, 0.4) is 0 Å². The van der Waals surface area contributed by atoms with Crippen LogP contribution in [0.5, 0.6) is 5.75 Å². The molecule has 0 bridgehead atoms. The minimum atomic E-state index is -0.297. The van der Waals surface area contributed by atoms with Crippen molar-refractivity contribution in [3.63, 3.8) is 0 Å². The van der Waals surface area contributed by atoms with Gasteiger partial charge in [-0.25, -0.2) is 14.8 Å². The van der Waals surface area contributed by atoms with Crippen molar-refractivity contribution < 1.29 is 19.4 Å². The number of piperazine rings is 1. The van der Waals surface area contributed by atoms with Gasteiger partial charge in [0.15, 0.2) is 5.78 Å². The Morgan fingerprint density at radius 3 is 2.69 bits per heavy atom. The third kappa shape index (κ3) is 3.87. The van der Waals surface area contributed by atoms with Crippen LogP contribution in [0.1, 0.15) is 40.9 Å². The van der Waals surface area contributed by atoms with Crippen LogP contribution in [0.25, 0.3) is 0 Å². The Morgan fingerprint density at radius 1 is 1.21 bits per heavy atom. The molecule has 1 atom stereocenters. The number of phenols is 1. The van der Waals surface area contributed by atoms with Gasteiger partial charge in [-0.1, -0.05) is 18.2 Å². The Hall–Kier alpha value is -3.16. The zero-order valence-electron chi connectivity index (χ0n) is 16.4. The van der Waals surface area contributed by atoms with Gasteiger partial charge in [-0.15, -0.1) is 0 Å². The molecule has 0 spiro atoms. The summed E-state index contributed by atoms with van der Waals surface area (Å²) in [5.74, 6) is 0.675. The molecule has 0 saturated carbocycles. The van der Waals surface area contributed by atoms with Crippen LogP contribution >= 0.6 is 0 Å². The lowest BCUT2D eigenvalue weighted by Crippen LogP contribution is -2.49. The normalized spacial score (nSPS) is 19.1. The Labute approximate surface area is 169 Å². The molecule has 4 rings (SSSR count). The number of ether oxygens (including phenoxy) is 1. The van der Waals surface area contributed by atoms with Gasteiger partial charge in [0.2, 0.25) is 5.95 Å². The van der Waals surface area contributed by atoms with Crippen LogP contribution in [-0.4, -0.2) is 64.6 Å². The first kappa shape index (κ1) is 19.2. The Kier molecular flexibility index (Phi) is 5.33. The molecule has 152 valence electrons. The first-order chi connectivity index (χ1) is 14.1. The summed E-state index contributed by atoms with van der Waals surface area (Å²) in [7, 11) is 0. The number of phenolic OH excluding ortho intramolecular Hbond substituents is 1. The smallest absolute Gasteiger partial charge is 0.409 e. The molecule has 1 fully saturated rings. The highest BCUT2D eigenvalue weighted by molar-refractivity contribution is 5.98. The Morgan fingerprint density at radius 2 is 1.97 bits per heavy atom. The number of hydrogen-bond donors (Lipinski definition) is 1. The fourth-order valence-corrected chi connectivity index (χ4v) is 3.94. The first-order valence-electron chi connectivity index (χ1n) is 9.90. The summed E-state index contributed by atoms with van der Waals surface area (Å²) >= 11 is 0. The van der Waals surface area contributed by atoms with Crippen LogP contribution in [0.15, 0.2) is 30.5 Å². The molecule has 1 aromatic heterocycles. The number of fused-ring (bicyclic) bond motifs is 1. The highest BCUT2D eigenvalue weighted by Gasteiger charge is 2.30. The number of carbonyl (C=O) groups excluding carboxylic acids is 2. The molecule has 1 amide bonds. The third-order valence-corrected chi connectivity index (χ3v) is 5.49. The van der Waals surface area contributed by atoms with E-state index in [1.54, 1.807) is 30.2 Å². The van der Waals surface area contributed by atoms with Gasteiger partial charge >= 0.3 is 6.09 Å². The number of Topliss-reactive ketones (excluding diaryl/α,β-unsaturated/α-hetero) is 1. The molecule has 2 aliphatic rings. The average Bonchev–Trinajstić information content (AvgIpc) is 2.74. The van der Waals surface area contributed by atoms with Gasteiger partial charge in [-0.05, 0) is 25.0 Å². The van der Waals surface area contributed by atoms with E-state index >= 15 is 0 Å². The van der Waals surface area contributed by atoms with Gasteiger partial charge in [-0.3, -0.25) is 4.79 Å². The number of carbonyl (C=O) groups is 2. The fraction of sp³-hybridized carbons (Fsp3) is 0.429. The summed E-state index contributed by atoms with van der Waals surface area (Å²) in [5.41, 5.74) is 2.05. The van der Waals surface area contributed by atoms with E-state index in [0.717, 1.165) is 5.56 Å². The summed E-state index contributed by atoms with van der Waals surface area (Å²) in [5, 5.41) is 10.2. The number of rotatable bonds is 3. The number of aromatic nitrogens is 2. The maximum atomic E-state index is 12.6. The number of anilines is 1. The van der Waals surface area contributed by atoms with E-state index in [4.69, 9.17) is 4.74 Å². The highest BCUT2D eigenvalue weighted by atomic mass is 16.6. The summed E-state index contributed by atoms with van der Waals surface area (Å²) in [4.78, 5) is 37.2. The van der Waals surface area contributed by atoms with E-state index in [0.29, 0.717) is 62.8 Å². The molecule has 1 saturated heterocycles. The number of para-hydroxylation sites is 1. The molecule has 29 heavy (non-hydrogen) atoms. The topological polar surface area (TPSA) is 95.9 Å². The second-order valence-electron chi connectivity index (χ2n) is 7.29. The number of amides is 1. The predicted octanol–water partition coefficient (Wildman–Crippen LogP) is 2.37. The molecule has 8 heteroatoms. The van der Waals surface area contributed by atoms with Crippen molar-refractivity contribution in [2.75, 3.05) is 37.7 Å². The Bertz CT molecular complexity index is 925. The van der Waals surface area contributed by atoms with E-state index in [-0.39, 0.29) is 23.5 Å². The second kappa shape index (κ2) is 8.06. The molecular formula is C21H24N4O4. The quantitative estimate of drug-likeness (QED) is 0.851. The van der Waals surface area contributed by atoms with E-state index < -0.39 is 0 Å². The average molecular weight is 396 g/mol. The molecular weight excluding hydrogens is 372 g/mol. The van der Waals surface area contributed by atoms with Crippen LogP contribution in [-0.2, 0) is 11.2 Å². The SMILES string of the molecule is CCOC(=O)N1CCN(c2ncc3c(n2)C[C@@H](c2ccccc2O)CC3=O)CC1. The molecule has 1 aliphatic carbocycles. The number of nitrogens with zero attached hydrogens (tertiary/aromatic N) is 4. The lowest BCUT2D eigenvalue weighted by Gasteiger charge is -2.34. The number of aromatic hydroxyl groups is 1.